The molecule has 0 aromatic carbocycles. The van der Waals surface area contributed by atoms with Gasteiger partial charge in [-0.05, 0) is 0 Å². The van der Waals surface area contributed by atoms with Gasteiger partial charge in [0.1, 0.15) is 67.1 Å². The van der Waals surface area contributed by atoms with Crippen molar-refractivity contribution in [3.8, 4) is 0 Å². The van der Waals surface area contributed by atoms with Gasteiger partial charge in [-0.2, -0.15) is 0 Å². The second kappa shape index (κ2) is 9.67. The minimum atomic E-state index is -0.769. The van der Waals surface area contributed by atoms with Crippen LogP contribution in [-0.4, -0.2) is 138 Å². The zero-order chi connectivity index (χ0) is 21.5. The SMILES string of the molecule is OC(COC1CO[C@H]2[C@@H]1OC[C@H]2OCC1CO1)CO[C@H]1CO[C@H]2[C@@H]1OC[C@@H]2OCC1CO1. The molecule has 6 aliphatic heterocycles. The van der Waals surface area contributed by atoms with Crippen molar-refractivity contribution >= 4 is 0 Å². The summed E-state index contributed by atoms with van der Waals surface area (Å²) in [7, 11) is 0. The first-order chi connectivity index (χ1) is 15.7. The number of aliphatic hydroxyl groups is 1. The van der Waals surface area contributed by atoms with Crippen molar-refractivity contribution in [2.75, 3.05) is 66.1 Å². The summed E-state index contributed by atoms with van der Waals surface area (Å²) in [4.78, 5) is 0. The quantitative estimate of drug-likeness (QED) is 0.335. The Labute approximate surface area is 186 Å². The molecule has 0 aromatic heterocycles. The van der Waals surface area contributed by atoms with Gasteiger partial charge in [0.15, 0.2) is 0 Å². The van der Waals surface area contributed by atoms with Crippen LogP contribution in [0, 0.1) is 0 Å². The smallest absolute Gasteiger partial charge is 0.115 e. The van der Waals surface area contributed by atoms with Gasteiger partial charge in [0.25, 0.3) is 0 Å². The van der Waals surface area contributed by atoms with Gasteiger partial charge in [0, 0.05) is 0 Å². The summed E-state index contributed by atoms with van der Waals surface area (Å²) in [5.74, 6) is 0. The molecule has 0 spiro atoms. The van der Waals surface area contributed by atoms with Crippen molar-refractivity contribution in [1.29, 1.82) is 0 Å². The van der Waals surface area contributed by atoms with Crippen LogP contribution in [-0.2, 0) is 47.4 Å². The molecule has 32 heavy (non-hydrogen) atoms. The molecule has 6 aliphatic rings. The lowest BCUT2D eigenvalue weighted by Gasteiger charge is -2.21. The second-order valence-corrected chi connectivity index (χ2v) is 9.24. The van der Waals surface area contributed by atoms with Crippen molar-refractivity contribution in [3.63, 3.8) is 0 Å². The third kappa shape index (κ3) is 4.98. The molecule has 0 saturated carbocycles. The van der Waals surface area contributed by atoms with E-state index in [4.69, 9.17) is 47.4 Å². The Kier molecular flexibility index (Phi) is 6.66. The van der Waals surface area contributed by atoms with E-state index in [1.807, 2.05) is 0 Å². The van der Waals surface area contributed by atoms with Crippen molar-refractivity contribution in [2.45, 2.75) is 67.1 Å². The number of aliphatic hydroxyl groups excluding tert-OH is 1. The molecule has 1 N–H and O–H groups in total. The highest BCUT2D eigenvalue weighted by Gasteiger charge is 2.50. The molecule has 0 aromatic rings. The molecular formula is C21H32O11. The minimum absolute atomic E-state index is 0.0996. The highest BCUT2D eigenvalue weighted by atomic mass is 16.7. The molecular weight excluding hydrogens is 428 g/mol. The summed E-state index contributed by atoms with van der Waals surface area (Å²) < 4.78 is 57.2. The molecule has 11 atom stereocenters. The predicted octanol–water partition coefficient (Wildman–Crippen LogP) is -1.72. The van der Waals surface area contributed by atoms with E-state index in [9.17, 15) is 5.11 Å². The Balaban J connectivity index is 0.890. The minimum Gasteiger partial charge on any atom is -0.388 e. The van der Waals surface area contributed by atoms with Gasteiger partial charge in [0.2, 0.25) is 0 Å². The van der Waals surface area contributed by atoms with Crippen LogP contribution in [0.4, 0.5) is 0 Å². The normalized spacial score (nSPS) is 47.5. The summed E-state index contributed by atoms with van der Waals surface area (Å²) in [6.07, 6.45) is -1.64. The van der Waals surface area contributed by atoms with Crippen LogP contribution in [0.25, 0.3) is 0 Å². The molecule has 0 amide bonds. The average molecular weight is 460 g/mol. The largest absolute Gasteiger partial charge is 0.388 e. The number of hydrogen-bond donors (Lipinski definition) is 1. The summed E-state index contributed by atoms with van der Waals surface area (Å²) in [6, 6.07) is 0. The van der Waals surface area contributed by atoms with E-state index in [0.717, 1.165) is 13.2 Å². The lowest BCUT2D eigenvalue weighted by atomic mass is 10.1. The lowest BCUT2D eigenvalue weighted by molar-refractivity contribution is -0.101. The maximum absolute atomic E-state index is 10.4. The summed E-state index contributed by atoms with van der Waals surface area (Å²) in [5, 5.41) is 10.4. The highest BCUT2D eigenvalue weighted by molar-refractivity contribution is 4.97. The number of rotatable bonds is 12. The van der Waals surface area contributed by atoms with Gasteiger partial charge >= 0.3 is 0 Å². The van der Waals surface area contributed by atoms with Crippen LogP contribution in [0.15, 0.2) is 0 Å². The number of fused-ring (bicyclic) bond motifs is 2. The van der Waals surface area contributed by atoms with E-state index < -0.39 is 6.10 Å². The van der Waals surface area contributed by atoms with Gasteiger partial charge in [0.05, 0.1) is 66.1 Å². The van der Waals surface area contributed by atoms with Crippen LogP contribution in [0.1, 0.15) is 0 Å². The fraction of sp³-hybridized carbons (Fsp3) is 1.00. The monoisotopic (exact) mass is 460 g/mol. The van der Waals surface area contributed by atoms with E-state index in [-0.39, 0.29) is 74.3 Å². The summed E-state index contributed by atoms with van der Waals surface area (Å²) in [5.41, 5.74) is 0. The molecule has 0 aliphatic carbocycles. The molecule has 11 nitrogen and oxygen atoms in total. The highest BCUT2D eigenvalue weighted by Crippen LogP contribution is 2.32. The first-order valence-electron chi connectivity index (χ1n) is 11.6. The topological polar surface area (TPSA) is 119 Å². The summed E-state index contributed by atoms with van der Waals surface area (Å²) >= 11 is 0. The first-order valence-corrected chi connectivity index (χ1v) is 11.6. The number of hydrogen-bond acceptors (Lipinski definition) is 11. The standard InChI is InChI=1S/C21H32O11/c22-11(1-25-14-7-29-20-16(9-31-18(14)20)27-5-12-3-23-12)2-26-15-8-30-21-17(10-32-19(15)21)28-6-13-4-24-13/h11-22H,1-10H2/t11?,12?,13?,14-,15?,16-,17+,18+,19+,20+,21+/m0/s1. The van der Waals surface area contributed by atoms with Crippen LogP contribution in [0.3, 0.4) is 0 Å². The molecule has 4 unspecified atom stereocenters. The maximum Gasteiger partial charge on any atom is 0.115 e. The van der Waals surface area contributed by atoms with Gasteiger partial charge in [-0.25, -0.2) is 0 Å². The van der Waals surface area contributed by atoms with Gasteiger partial charge in [-0.3, -0.25) is 0 Å². The van der Waals surface area contributed by atoms with Gasteiger partial charge in [-0.1, -0.05) is 0 Å². The Morgan fingerprint density at radius 3 is 1.22 bits per heavy atom. The van der Waals surface area contributed by atoms with Crippen LogP contribution in [0.2, 0.25) is 0 Å². The van der Waals surface area contributed by atoms with Crippen molar-refractivity contribution in [2.24, 2.45) is 0 Å². The third-order valence-corrected chi connectivity index (χ3v) is 6.73. The molecule has 6 fully saturated rings. The van der Waals surface area contributed by atoms with Crippen LogP contribution >= 0.6 is 0 Å². The Morgan fingerprint density at radius 1 is 0.531 bits per heavy atom. The van der Waals surface area contributed by atoms with E-state index >= 15 is 0 Å². The maximum atomic E-state index is 10.4. The molecule has 0 radical (unpaired) electrons. The molecule has 0 bridgehead atoms. The van der Waals surface area contributed by atoms with Gasteiger partial charge < -0.3 is 52.5 Å². The van der Waals surface area contributed by atoms with Gasteiger partial charge in [-0.15, -0.1) is 0 Å². The lowest BCUT2D eigenvalue weighted by Crippen LogP contribution is -2.38. The average Bonchev–Trinajstić information content (AvgIpc) is 3.62. The predicted molar refractivity (Wildman–Crippen MR) is 103 cm³/mol. The fourth-order valence-electron chi connectivity index (χ4n) is 4.74. The Hall–Kier alpha value is -0.440. The zero-order valence-corrected chi connectivity index (χ0v) is 18.0. The van der Waals surface area contributed by atoms with E-state index in [2.05, 4.69) is 0 Å². The number of ether oxygens (including phenoxy) is 10. The molecule has 6 saturated heterocycles. The fourth-order valence-corrected chi connectivity index (χ4v) is 4.74. The molecule has 11 heteroatoms. The van der Waals surface area contributed by atoms with Crippen molar-refractivity contribution in [1.82, 2.24) is 0 Å². The first kappa shape index (κ1) is 22.1. The molecule has 6 heterocycles. The third-order valence-electron chi connectivity index (χ3n) is 6.73. The molecule has 6 rings (SSSR count). The zero-order valence-electron chi connectivity index (χ0n) is 18.0. The van der Waals surface area contributed by atoms with Crippen LogP contribution < -0.4 is 0 Å². The molecule has 182 valence electrons. The van der Waals surface area contributed by atoms with E-state index in [1.54, 1.807) is 0 Å². The van der Waals surface area contributed by atoms with Crippen molar-refractivity contribution in [3.05, 3.63) is 0 Å². The van der Waals surface area contributed by atoms with E-state index in [0.29, 0.717) is 39.6 Å². The van der Waals surface area contributed by atoms with E-state index in [1.165, 1.54) is 0 Å². The second-order valence-electron chi connectivity index (χ2n) is 9.24. The van der Waals surface area contributed by atoms with Crippen molar-refractivity contribution < 1.29 is 52.5 Å². The Morgan fingerprint density at radius 2 is 0.875 bits per heavy atom. The summed E-state index contributed by atoms with van der Waals surface area (Å²) in [6.45, 7) is 4.74. The number of epoxide rings is 2. The van der Waals surface area contributed by atoms with Crippen LogP contribution in [0.5, 0.6) is 0 Å². The Bertz CT molecular complexity index is 577.